The highest BCUT2D eigenvalue weighted by molar-refractivity contribution is 5.60. The monoisotopic (exact) mass is 398 g/mol. The largest absolute Gasteiger partial charge is 0.416 e. The molecule has 0 aliphatic rings. The van der Waals surface area contributed by atoms with Crippen molar-refractivity contribution in [3.63, 3.8) is 0 Å². The zero-order chi connectivity index (χ0) is 20.4. The van der Waals surface area contributed by atoms with E-state index in [1.54, 1.807) is 17.9 Å². The van der Waals surface area contributed by atoms with Gasteiger partial charge in [0, 0.05) is 12.6 Å². The lowest BCUT2D eigenvalue weighted by Crippen LogP contribution is -2.05. The number of rotatable bonds is 5. The van der Waals surface area contributed by atoms with Crippen LogP contribution in [0.4, 0.5) is 13.2 Å². The summed E-state index contributed by atoms with van der Waals surface area (Å²) in [5, 5.41) is 8.31. The third-order valence-corrected chi connectivity index (χ3v) is 4.68. The summed E-state index contributed by atoms with van der Waals surface area (Å²) in [7, 11) is 1.81. The summed E-state index contributed by atoms with van der Waals surface area (Å²) in [6.07, 6.45) is -1.54. The fraction of sp³-hybridized carbons (Fsp3) is 0.190. The van der Waals surface area contributed by atoms with E-state index in [0.29, 0.717) is 30.1 Å². The average molecular weight is 398 g/mol. The van der Waals surface area contributed by atoms with Crippen molar-refractivity contribution in [1.29, 1.82) is 0 Å². The van der Waals surface area contributed by atoms with Crippen LogP contribution in [-0.4, -0.2) is 19.9 Å². The van der Waals surface area contributed by atoms with Gasteiger partial charge >= 0.3 is 6.18 Å². The summed E-state index contributed by atoms with van der Waals surface area (Å²) in [6, 6.07) is 14.7. The Labute approximate surface area is 164 Å². The summed E-state index contributed by atoms with van der Waals surface area (Å²) in [6.45, 7) is 0. The Morgan fingerprint density at radius 2 is 1.69 bits per heavy atom. The minimum absolute atomic E-state index is 0.361. The summed E-state index contributed by atoms with van der Waals surface area (Å²) < 4.78 is 45.3. The van der Waals surface area contributed by atoms with Crippen LogP contribution in [0.15, 0.2) is 65.3 Å². The van der Waals surface area contributed by atoms with Crippen LogP contribution in [0.1, 0.15) is 16.8 Å². The molecule has 0 spiro atoms. The number of hydrogen-bond acceptors (Lipinski definition) is 4. The zero-order valence-corrected chi connectivity index (χ0v) is 15.5. The maximum atomic E-state index is 12.7. The van der Waals surface area contributed by atoms with Crippen LogP contribution in [0, 0.1) is 0 Å². The molecule has 2 aromatic carbocycles. The Morgan fingerprint density at radius 1 is 0.966 bits per heavy atom. The van der Waals surface area contributed by atoms with Crippen LogP contribution in [0.3, 0.4) is 0 Å². The Balaban J connectivity index is 1.53. The van der Waals surface area contributed by atoms with Gasteiger partial charge in [-0.3, -0.25) is 4.68 Å². The highest BCUT2D eigenvalue weighted by atomic mass is 19.4. The van der Waals surface area contributed by atoms with Gasteiger partial charge in [0.2, 0.25) is 5.82 Å². The van der Waals surface area contributed by atoms with E-state index in [1.807, 2.05) is 30.3 Å². The van der Waals surface area contributed by atoms with Gasteiger partial charge in [-0.05, 0) is 30.5 Å². The molecular formula is C21H17F3N4O. The van der Waals surface area contributed by atoms with Gasteiger partial charge in [-0.25, -0.2) is 0 Å². The first-order valence-corrected chi connectivity index (χ1v) is 8.98. The number of aryl methyl sites for hydroxylation is 2. The smallest absolute Gasteiger partial charge is 0.333 e. The highest BCUT2D eigenvalue weighted by Crippen LogP contribution is 2.30. The molecule has 5 nitrogen and oxygen atoms in total. The lowest BCUT2D eigenvalue weighted by atomic mass is 10.0. The van der Waals surface area contributed by atoms with Gasteiger partial charge in [0.15, 0.2) is 0 Å². The molecule has 0 fully saturated rings. The molecule has 0 bridgehead atoms. The number of hydrogen-bond donors (Lipinski definition) is 0. The molecule has 4 rings (SSSR count). The molecular weight excluding hydrogens is 381 g/mol. The SMILES string of the molecule is Cn1ncc(-c2nc(-c3ccccc3)no2)c1CCc1ccc(C(F)(F)F)cc1. The predicted octanol–water partition coefficient (Wildman–Crippen LogP) is 4.94. The quantitative estimate of drug-likeness (QED) is 0.478. The molecule has 0 unspecified atom stereocenters. The second kappa shape index (κ2) is 7.54. The van der Waals surface area contributed by atoms with E-state index in [9.17, 15) is 13.2 Å². The average Bonchev–Trinajstić information content (AvgIpc) is 3.33. The molecule has 0 N–H and O–H groups in total. The molecule has 0 atom stereocenters. The molecule has 0 aliphatic carbocycles. The van der Waals surface area contributed by atoms with Crippen molar-refractivity contribution < 1.29 is 17.7 Å². The third kappa shape index (κ3) is 4.06. The van der Waals surface area contributed by atoms with Crippen LogP contribution < -0.4 is 0 Å². The van der Waals surface area contributed by atoms with Crippen molar-refractivity contribution in [2.75, 3.05) is 0 Å². The van der Waals surface area contributed by atoms with E-state index >= 15 is 0 Å². The first-order valence-electron chi connectivity index (χ1n) is 8.98. The van der Waals surface area contributed by atoms with E-state index in [4.69, 9.17) is 4.52 Å². The summed E-state index contributed by atoms with van der Waals surface area (Å²) in [5.41, 5.74) is 2.59. The number of halogens is 3. The molecule has 0 amide bonds. The van der Waals surface area contributed by atoms with Crippen LogP contribution in [0.5, 0.6) is 0 Å². The molecule has 0 radical (unpaired) electrons. The zero-order valence-electron chi connectivity index (χ0n) is 15.5. The standard InChI is InChI=1S/C21H17F3N4O/c1-28-18(12-9-14-7-10-16(11-8-14)21(22,23)24)17(13-25-28)20-26-19(27-29-20)15-5-3-2-4-6-15/h2-8,10-11,13H,9,12H2,1H3. The number of aromatic nitrogens is 4. The fourth-order valence-corrected chi connectivity index (χ4v) is 3.10. The molecule has 148 valence electrons. The summed E-state index contributed by atoms with van der Waals surface area (Å²) in [4.78, 5) is 4.46. The second-order valence-corrected chi connectivity index (χ2v) is 6.61. The number of benzene rings is 2. The van der Waals surface area contributed by atoms with E-state index in [0.717, 1.165) is 29.0 Å². The lowest BCUT2D eigenvalue weighted by molar-refractivity contribution is -0.137. The van der Waals surface area contributed by atoms with Gasteiger partial charge in [0.1, 0.15) is 0 Å². The first-order chi connectivity index (χ1) is 13.9. The normalized spacial score (nSPS) is 11.7. The lowest BCUT2D eigenvalue weighted by Gasteiger charge is -2.08. The van der Waals surface area contributed by atoms with E-state index in [-0.39, 0.29) is 0 Å². The molecule has 8 heteroatoms. The molecule has 0 saturated heterocycles. The van der Waals surface area contributed by atoms with Gasteiger partial charge in [-0.1, -0.05) is 47.6 Å². The second-order valence-electron chi connectivity index (χ2n) is 6.61. The predicted molar refractivity (Wildman–Crippen MR) is 101 cm³/mol. The fourth-order valence-electron chi connectivity index (χ4n) is 3.10. The maximum Gasteiger partial charge on any atom is 0.416 e. The Kier molecular flexibility index (Phi) is 4.92. The number of alkyl halides is 3. The molecule has 4 aromatic rings. The third-order valence-electron chi connectivity index (χ3n) is 4.68. The Hall–Kier alpha value is -3.42. The van der Waals surface area contributed by atoms with Gasteiger partial charge in [0.05, 0.1) is 23.0 Å². The van der Waals surface area contributed by atoms with Gasteiger partial charge in [0.25, 0.3) is 5.89 Å². The Bertz CT molecular complexity index is 1100. The van der Waals surface area contributed by atoms with Gasteiger partial charge in [-0.15, -0.1) is 0 Å². The van der Waals surface area contributed by atoms with Crippen molar-refractivity contribution in [2.45, 2.75) is 19.0 Å². The van der Waals surface area contributed by atoms with Crippen LogP contribution in [-0.2, 0) is 26.1 Å². The molecule has 2 aromatic heterocycles. The molecule has 0 saturated carbocycles. The minimum Gasteiger partial charge on any atom is -0.333 e. The summed E-state index contributed by atoms with van der Waals surface area (Å²) in [5.74, 6) is 0.845. The van der Waals surface area contributed by atoms with Crippen molar-refractivity contribution in [3.05, 3.63) is 77.6 Å². The summed E-state index contributed by atoms with van der Waals surface area (Å²) >= 11 is 0. The van der Waals surface area contributed by atoms with E-state index < -0.39 is 11.7 Å². The Morgan fingerprint density at radius 3 is 2.38 bits per heavy atom. The minimum atomic E-state index is -4.33. The van der Waals surface area contributed by atoms with E-state index in [2.05, 4.69) is 15.2 Å². The van der Waals surface area contributed by atoms with Crippen LogP contribution in [0.25, 0.3) is 22.8 Å². The van der Waals surface area contributed by atoms with Crippen molar-refractivity contribution in [2.24, 2.45) is 7.05 Å². The van der Waals surface area contributed by atoms with Gasteiger partial charge < -0.3 is 4.52 Å². The van der Waals surface area contributed by atoms with E-state index in [1.165, 1.54) is 12.1 Å². The van der Waals surface area contributed by atoms with Crippen molar-refractivity contribution in [3.8, 4) is 22.8 Å². The molecule has 0 aliphatic heterocycles. The first kappa shape index (κ1) is 18.9. The van der Waals surface area contributed by atoms with Crippen molar-refractivity contribution >= 4 is 0 Å². The van der Waals surface area contributed by atoms with Crippen LogP contribution >= 0.6 is 0 Å². The van der Waals surface area contributed by atoms with Crippen molar-refractivity contribution in [1.82, 2.24) is 19.9 Å². The molecule has 29 heavy (non-hydrogen) atoms. The van der Waals surface area contributed by atoms with Crippen LogP contribution in [0.2, 0.25) is 0 Å². The highest BCUT2D eigenvalue weighted by Gasteiger charge is 2.29. The molecule has 2 heterocycles. The number of nitrogens with zero attached hydrogens (tertiary/aromatic N) is 4. The maximum absolute atomic E-state index is 12.7. The topological polar surface area (TPSA) is 56.7 Å². The van der Waals surface area contributed by atoms with Gasteiger partial charge in [-0.2, -0.15) is 23.3 Å².